The molecule has 2 N–H and O–H groups in total. The zero-order valence-corrected chi connectivity index (χ0v) is 17.9. The maximum Gasteiger partial charge on any atom is 0.416 e. The van der Waals surface area contributed by atoms with Crippen LogP contribution in [0.3, 0.4) is 0 Å². The molecule has 9 heteroatoms. The predicted molar refractivity (Wildman–Crippen MR) is 107 cm³/mol. The summed E-state index contributed by atoms with van der Waals surface area (Å²) in [4.78, 5) is 11.9. The van der Waals surface area contributed by atoms with Gasteiger partial charge < -0.3 is 5.32 Å². The van der Waals surface area contributed by atoms with E-state index in [4.69, 9.17) is 4.55 Å². The second kappa shape index (κ2) is 7.91. The molecule has 5 nitrogen and oxygen atoms in total. The topological polar surface area (TPSA) is 83.5 Å². The Kier molecular flexibility index (Phi) is 6.12. The average molecular weight is 448 g/mol. The van der Waals surface area contributed by atoms with Crippen LogP contribution in [-0.4, -0.2) is 37.6 Å². The third-order valence-electron chi connectivity index (χ3n) is 7.33. The third kappa shape index (κ3) is 4.29. The Balaban J connectivity index is 0.000000171. The molecule has 3 aliphatic rings. The van der Waals surface area contributed by atoms with Crippen molar-refractivity contribution in [2.75, 3.05) is 18.8 Å². The standard InChI is InChI=1S/C11H12F3N.C10H16O4S/c12-11(13,14)10-4-2-1-3-9(10)8-5-6-15-7-8;1-9(2)7-3-4-10(9,8(11)5-7)6-15(12,13)14/h1-4,8,15H,5-7H2;7H,3-6H2,1-2H3,(H,12,13,14)/t;7?,10-/m.1/s1. The number of carbonyl (C=O) groups is 1. The molecule has 1 saturated heterocycles. The molecule has 2 aliphatic carbocycles. The number of hydrogen-bond acceptors (Lipinski definition) is 4. The Morgan fingerprint density at radius 3 is 2.33 bits per heavy atom. The molecule has 0 radical (unpaired) electrons. The summed E-state index contributed by atoms with van der Waals surface area (Å²) < 4.78 is 69.0. The van der Waals surface area contributed by atoms with Crippen molar-refractivity contribution >= 4 is 15.9 Å². The summed E-state index contributed by atoms with van der Waals surface area (Å²) in [5.41, 5.74) is -1.18. The van der Waals surface area contributed by atoms with Crippen molar-refractivity contribution < 1.29 is 30.9 Å². The van der Waals surface area contributed by atoms with Crippen LogP contribution in [0.15, 0.2) is 24.3 Å². The third-order valence-corrected chi connectivity index (χ3v) is 8.19. The molecule has 1 heterocycles. The molecule has 2 bridgehead atoms. The van der Waals surface area contributed by atoms with E-state index >= 15 is 0 Å². The van der Waals surface area contributed by atoms with Gasteiger partial charge in [-0.1, -0.05) is 32.0 Å². The van der Waals surface area contributed by atoms with E-state index in [0.717, 1.165) is 25.5 Å². The molecule has 2 unspecified atom stereocenters. The summed E-state index contributed by atoms with van der Waals surface area (Å²) >= 11 is 0. The molecule has 30 heavy (non-hydrogen) atoms. The van der Waals surface area contributed by atoms with Gasteiger partial charge in [0.25, 0.3) is 10.1 Å². The summed E-state index contributed by atoms with van der Waals surface area (Å²) in [7, 11) is -4.08. The lowest BCUT2D eigenvalue weighted by Gasteiger charge is -2.35. The first-order valence-corrected chi connectivity index (χ1v) is 11.7. The van der Waals surface area contributed by atoms with Crippen molar-refractivity contribution in [1.29, 1.82) is 0 Å². The lowest BCUT2D eigenvalue weighted by Crippen LogP contribution is -2.42. The van der Waals surface area contributed by atoms with Crippen LogP contribution in [0.5, 0.6) is 0 Å². The minimum atomic E-state index is -4.24. The van der Waals surface area contributed by atoms with Crippen LogP contribution < -0.4 is 5.32 Å². The van der Waals surface area contributed by atoms with Gasteiger partial charge in [0.2, 0.25) is 0 Å². The SMILES string of the molecule is CC1(C)C2CC[C@@]1(CS(=O)(=O)O)C(=O)C2.FC(F)(F)c1ccccc1C1CCNC1. The molecule has 0 spiro atoms. The maximum atomic E-state index is 12.7. The van der Waals surface area contributed by atoms with E-state index in [9.17, 15) is 26.4 Å². The monoisotopic (exact) mass is 447 g/mol. The van der Waals surface area contributed by atoms with Gasteiger partial charge in [0, 0.05) is 13.0 Å². The smallest absolute Gasteiger partial charge is 0.316 e. The van der Waals surface area contributed by atoms with Crippen LogP contribution in [0.25, 0.3) is 0 Å². The number of ketones is 1. The van der Waals surface area contributed by atoms with E-state index in [2.05, 4.69) is 5.32 Å². The number of rotatable bonds is 3. The Hall–Kier alpha value is -1.45. The number of fused-ring (bicyclic) bond motifs is 2. The first-order valence-electron chi connectivity index (χ1n) is 10.1. The normalized spacial score (nSPS) is 30.3. The fourth-order valence-corrected chi connectivity index (χ4v) is 6.75. The molecule has 1 aromatic carbocycles. The van der Waals surface area contributed by atoms with Crippen molar-refractivity contribution in [1.82, 2.24) is 5.32 Å². The van der Waals surface area contributed by atoms with Crippen molar-refractivity contribution in [3.05, 3.63) is 35.4 Å². The summed E-state index contributed by atoms with van der Waals surface area (Å²) in [5.74, 6) is -0.0987. The van der Waals surface area contributed by atoms with E-state index < -0.39 is 33.0 Å². The van der Waals surface area contributed by atoms with Crippen LogP contribution >= 0.6 is 0 Å². The Bertz CT molecular complexity index is 907. The number of nitrogens with one attached hydrogen (secondary N) is 1. The van der Waals surface area contributed by atoms with Gasteiger partial charge in [-0.05, 0) is 54.7 Å². The quantitative estimate of drug-likeness (QED) is 0.683. The van der Waals surface area contributed by atoms with Gasteiger partial charge in [-0.25, -0.2) is 0 Å². The van der Waals surface area contributed by atoms with Gasteiger partial charge >= 0.3 is 6.18 Å². The molecular weight excluding hydrogens is 419 g/mol. The van der Waals surface area contributed by atoms with E-state index in [1.807, 2.05) is 13.8 Å². The Morgan fingerprint density at radius 1 is 1.20 bits per heavy atom. The second-order valence-electron chi connectivity index (χ2n) is 9.17. The molecule has 2 saturated carbocycles. The van der Waals surface area contributed by atoms with Crippen LogP contribution in [0.1, 0.15) is 56.6 Å². The van der Waals surface area contributed by atoms with E-state index in [0.29, 0.717) is 24.9 Å². The fourth-order valence-electron chi connectivity index (χ4n) is 5.45. The van der Waals surface area contributed by atoms with Gasteiger partial charge in [0.15, 0.2) is 0 Å². The highest BCUT2D eigenvalue weighted by atomic mass is 32.2. The van der Waals surface area contributed by atoms with Gasteiger partial charge in [0.05, 0.1) is 16.7 Å². The molecular formula is C21H28F3NO4S. The number of hydrogen-bond donors (Lipinski definition) is 2. The first kappa shape index (κ1) is 23.2. The number of carbonyl (C=O) groups excluding carboxylic acids is 1. The van der Waals surface area contributed by atoms with E-state index in [1.54, 1.807) is 12.1 Å². The summed E-state index contributed by atoms with van der Waals surface area (Å²) in [6, 6.07) is 5.85. The first-order chi connectivity index (χ1) is 13.8. The lowest BCUT2D eigenvalue weighted by molar-refractivity contribution is -0.138. The fraction of sp³-hybridized carbons (Fsp3) is 0.667. The largest absolute Gasteiger partial charge is 0.416 e. The zero-order chi connectivity index (χ0) is 22.4. The number of Topliss-reactive ketones (excluding diaryl/α,β-unsaturated/α-hetero) is 1. The second-order valence-corrected chi connectivity index (χ2v) is 10.6. The minimum Gasteiger partial charge on any atom is -0.316 e. The van der Waals surface area contributed by atoms with E-state index in [-0.39, 0.29) is 23.0 Å². The highest BCUT2D eigenvalue weighted by Gasteiger charge is 2.65. The average Bonchev–Trinajstić information content (AvgIpc) is 3.27. The molecule has 3 fully saturated rings. The Labute approximate surface area is 175 Å². The lowest BCUT2D eigenvalue weighted by atomic mass is 9.70. The number of halogens is 3. The van der Waals surface area contributed by atoms with Crippen molar-refractivity contribution in [3.63, 3.8) is 0 Å². The van der Waals surface area contributed by atoms with Crippen LogP contribution in [-0.2, 0) is 21.1 Å². The van der Waals surface area contributed by atoms with Gasteiger partial charge in [-0.15, -0.1) is 0 Å². The maximum absolute atomic E-state index is 12.7. The van der Waals surface area contributed by atoms with Crippen LogP contribution in [0.4, 0.5) is 13.2 Å². The van der Waals surface area contributed by atoms with Crippen LogP contribution in [0.2, 0.25) is 0 Å². The summed E-state index contributed by atoms with van der Waals surface area (Å²) in [5, 5.41) is 3.08. The number of benzene rings is 1. The van der Waals surface area contributed by atoms with Crippen molar-refractivity contribution in [2.45, 2.75) is 51.6 Å². The molecule has 168 valence electrons. The van der Waals surface area contributed by atoms with E-state index in [1.165, 1.54) is 6.07 Å². The highest BCUT2D eigenvalue weighted by Crippen LogP contribution is 2.64. The molecule has 4 rings (SSSR count). The zero-order valence-electron chi connectivity index (χ0n) is 17.1. The summed E-state index contributed by atoms with van der Waals surface area (Å²) in [6.45, 7) is 5.34. The molecule has 1 aromatic rings. The molecule has 3 atom stereocenters. The molecule has 0 aromatic heterocycles. The van der Waals surface area contributed by atoms with Crippen molar-refractivity contribution in [3.8, 4) is 0 Å². The van der Waals surface area contributed by atoms with Gasteiger partial charge in [-0.3, -0.25) is 9.35 Å². The highest BCUT2D eigenvalue weighted by molar-refractivity contribution is 7.85. The minimum absolute atomic E-state index is 0.00262. The number of alkyl halides is 3. The molecule has 1 aliphatic heterocycles. The van der Waals surface area contributed by atoms with Gasteiger partial charge in [-0.2, -0.15) is 21.6 Å². The van der Waals surface area contributed by atoms with Gasteiger partial charge in [0.1, 0.15) is 5.78 Å². The Morgan fingerprint density at radius 2 is 1.87 bits per heavy atom. The van der Waals surface area contributed by atoms with Crippen LogP contribution in [0, 0.1) is 16.7 Å². The molecule has 0 amide bonds. The predicted octanol–water partition coefficient (Wildman–Crippen LogP) is 4.05. The van der Waals surface area contributed by atoms with Crippen molar-refractivity contribution in [2.24, 2.45) is 16.7 Å². The summed E-state index contributed by atoms with van der Waals surface area (Å²) in [6.07, 6.45) is -1.48.